The van der Waals surface area contributed by atoms with E-state index in [1.165, 1.54) is 4.57 Å². The van der Waals surface area contributed by atoms with Crippen molar-refractivity contribution in [2.45, 2.75) is 88.7 Å². The second kappa shape index (κ2) is 14.6. The highest BCUT2D eigenvalue weighted by Crippen LogP contribution is 2.49. The highest BCUT2D eigenvalue weighted by atomic mass is 31.2. The quantitative estimate of drug-likeness (QED) is 0.0732. The number of imidazole rings is 2. The summed E-state index contributed by atoms with van der Waals surface area (Å²) in [6.07, 6.45) is -9.13. The van der Waals surface area contributed by atoms with Crippen molar-refractivity contribution in [3.8, 4) is 0 Å². The number of hydrogen-bond acceptors (Lipinski definition) is 15. The molecule has 2 aliphatic heterocycles. The second-order valence-corrected chi connectivity index (χ2v) is 13.7. The van der Waals surface area contributed by atoms with Gasteiger partial charge in [-0.15, -0.1) is 0 Å². The molecule has 0 aliphatic carbocycles. The standard InChI is InChI=1S/C28H40FN10O11P/c1-3-5-7-37(8-6-4-2)28-34-22-16(24(44)36-28)32-11-39(22)26-18(42)17(41)20(49-26)19(50-51(45,46)47)13-12(9-40)48-25(14(13)29)38-10-31-15-21(38)33-27(30)35-23(15)43/h10-14,17-20,25-26,40-42H,3-9H2,1-2H3,(H,34,36,44)(H2,45,46,47)(H3,30,33,35,43)/t12-,13-,14+,17-,18+,19?,20+,25+,26+/m0/s1. The second-order valence-electron chi connectivity index (χ2n) is 12.5. The van der Waals surface area contributed by atoms with Gasteiger partial charge >= 0.3 is 7.82 Å². The number of hydrogen-bond donors (Lipinski definition) is 8. The fraction of sp³-hybridized carbons (Fsp3) is 0.643. The van der Waals surface area contributed by atoms with Crippen LogP contribution in [0.5, 0.6) is 0 Å². The Labute approximate surface area is 287 Å². The fourth-order valence-corrected chi connectivity index (χ4v) is 7.19. The number of aromatic amines is 2. The molecular weight excluding hydrogens is 702 g/mol. The van der Waals surface area contributed by atoms with Crippen LogP contribution >= 0.6 is 7.82 Å². The van der Waals surface area contributed by atoms with E-state index < -0.39 is 80.6 Å². The number of phosphoric acid groups is 1. The lowest BCUT2D eigenvalue weighted by atomic mass is 9.87. The van der Waals surface area contributed by atoms with E-state index >= 15 is 4.39 Å². The van der Waals surface area contributed by atoms with Crippen LogP contribution in [0.2, 0.25) is 0 Å². The number of rotatable bonds is 14. The lowest BCUT2D eigenvalue weighted by Gasteiger charge is -2.33. The smallest absolute Gasteiger partial charge is 0.394 e. The fourth-order valence-electron chi connectivity index (χ4n) is 6.61. The number of H-pyrrole nitrogens is 2. The summed E-state index contributed by atoms with van der Waals surface area (Å²) in [5.74, 6) is -1.82. The SMILES string of the molecule is CCCCN(CCCC)c1nc2c(ncn2[C@@H]2O[C@@H](C(OP(=O)(O)O)[C@@H]3[C@@H](F)[C@H](n4cnc5c(=O)[nH]c(N)nc54)O[C@H]3CO)[C@@H](O)[C@H]2O)c(=O)[nH]1. The van der Waals surface area contributed by atoms with E-state index in [1.807, 2.05) is 18.7 Å². The number of unbranched alkanes of at least 4 members (excludes halogenated alkanes) is 2. The number of anilines is 2. The molecule has 6 heterocycles. The Kier molecular flexibility index (Phi) is 10.6. The number of fused-ring (bicyclic) bond motifs is 2. The summed E-state index contributed by atoms with van der Waals surface area (Å²) in [6, 6.07) is 0. The Bertz CT molecular complexity index is 2010. The predicted molar refractivity (Wildman–Crippen MR) is 175 cm³/mol. The maximum absolute atomic E-state index is 16.6. The number of nitrogens with one attached hydrogen (secondary N) is 2. The summed E-state index contributed by atoms with van der Waals surface area (Å²) in [7, 11) is -5.48. The zero-order chi connectivity index (χ0) is 36.8. The number of aliphatic hydroxyl groups is 3. The molecule has 9 atom stereocenters. The summed E-state index contributed by atoms with van der Waals surface area (Å²) < 4.78 is 47.8. The molecule has 0 saturated carbocycles. The van der Waals surface area contributed by atoms with E-state index in [-0.39, 0.29) is 34.2 Å². The summed E-state index contributed by atoms with van der Waals surface area (Å²) in [4.78, 5) is 68.8. The molecule has 2 aliphatic rings. The number of nitrogen functional groups attached to an aromatic ring is 1. The molecule has 280 valence electrons. The molecule has 51 heavy (non-hydrogen) atoms. The van der Waals surface area contributed by atoms with Crippen molar-refractivity contribution >= 4 is 42.0 Å². The summed E-state index contributed by atoms with van der Waals surface area (Å²) in [5, 5.41) is 32.8. The van der Waals surface area contributed by atoms with Gasteiger partial charge in [-0.3, -0.25) is 33.2 Å². The third-order valence-electron chi connectivity index (χ3n) is 9.08. The van der Waals surface area contributed by atoms with Gasteiger partial charge in [0.15, 0.2) is 41.0 Å². The molecule has 23 heteroatoms. The molecule has 4 aromatic rings. The zero-order valence-electron chi connectivity index (χ0n) is 27.5. The van der Waals surface area contributed by atoms with Gasteiger partial charge in [-0.2, -0.15) is 9.97 Å². The van der Waals surface area contributed by atoms with Gasteiger partial charge in [-0.25, -0.2) is 18.9 Å². The molecule has 2 fully saturated rings. The summed E-state index contributed by atoms with van der Waals surface area (Å²) in [6.45, 7) is 4.35. The van der Waals surface area contributed by atoms with Crippen LogP contribution in [0.25, 0.3) is 22.3 Å². The van der Waals surface area contributed by atoms with E-state index in [1.54, 1.807) is 0 Å². The molecule has 0 bridgehead atoms. The van der Waals surface area contributed by atoms with E-state index in [0.717, 1.165) is 42.9 Å². The number of nitrogens with zero attached hydrogens (tertiary/aromatic N) is 7. The molecule has 0 amide bonds. The average Bonchev–Trinajstić information content (AvgIpc) is 3.84. The van der Waals surface area contributed by atoms with Crippen molar-refractivity contribution in [2.24, 2.45) is 5.92 Å². The van der Waals surface area contributed by atoms with Crippen LogP contribution in [0.15, 0.2) is 22.2 Å². The Hall–Kier alpha value is -3.86. The maximum Gasteiger partial charge on any atom is 0.469 e. The van der Waals surface area contributed by atoms with Gasteiger partial charge in [0, 0.05) is 13.1 Å². The van der Waals surface area contributed by atoms with E-state index in [4.69, 9.17) is 19.7 Å². The third-order valence-corrected chi connectivity index (χ3v) is 9.60. The molecule has 6 rings (SSSR count). The lowest BCUT2D eigenvalue weighted by molar-refractivity contribution is -0.114. The van der Waals surface area contributed by atoms with Crippen LogP contribution in [-0.2, 0) is 18.6 Å². The first-order valence-corrected chi connectivity index (χ1v) is 17.9. The molecule has 21 nitrogen and oxygen atoms in total. The first kappa shape index (κ1) is 36.9. The summed E-state index contributed by atoms with van der Waals surface area (Å²) in [5.41, 5.74) is 3.83. The predicted octanol–water partition coefficient (Wildman–Crippen LogP) is -0.817. The highest BCUT2D eigenvalue weighted by molar-refractivity contribution is 7.46. The summed E-state index contributed by atoms with van der Waals surface area (Å²) >= 11 is 0. The Morgan fingerprint density at radius 2 is 1.57 bits per heavy atom. The third kappa shape index (κ3) is 7.02. The van der Waals surface area contributed by atoms with Crippen LogP contribution in [0, 0.1) is 5.92 Å². The van der Waals surface area contributed by atoms with Crippen LogP contribution in [0.1, 0.15) is 52.0 Å². The molecule has 0 spiro atoms. The number of phosphoric ester groups is 1. The van der Waals surface area contributed by atoms with Crippen molar-refractivity contribution < 1.29 is 48.1 Å². The Morgan fingerprint density at radius 3 is 2.16 bits per heavy atom. The average molecular weight is 743 g/mol. The van der Waals surface area contributed by atoms with E-state index in [2.05, 4.69) is 29.9 Å². The van der Waals surface area contributed by atoms with E-state index in [0.29, 0.717) is 13.1 Å². The zero-order valence-corrected chi connectivity index (χ0v) is 28.4. The van der Waals surface area contributed by atoms with Crippen molar-refractivity contribution in [3.63, 3.8) is 0 Å². The largest absolute Gasteiger partial charge is 0.469 e. The van der Waals surface area contributed by atoms with Gasteiger partial charge in [-0.05, 0) is 12.8 Å². The van der Waals surface area contributed by atoms with Gasteiger partial charge in [0.2, 0.25) is 11.9 Å². The number of ether oxygens (including phenoxy) is 2. The molecule has 0 radical (unpaired) electrons. The minimum absolute atomic E-state index is 0.0225. The molecule has 9 N–H and O–H groups in total. The molecule has 2 saturated heterocycles. The van der Waals surface area contributed by atoms with Crippen molar-refractivity contribution in [2.75, 3.05) is 30.3 Å². The number of aromatic nitrogens is 8. The normalized spacial score (nSPS) is 27.5. The Balaban J connectivity index is 1.36. The Morgan fingerprint density at radius 1 is 0.980 bits per heavy atom. The highest BCUT2D eigenvalue weighted by Gasteiger charge is 2.58. The van der Waals surface area contributed by atoms with Crippen LogP contribution in [0.4, 0.5) is 16.3 Å². The van der Waals surface area contributed by atoms with Crippen molar-refractivity contribution in [1.29, 1.82) is 0 Å². The van der Waals surface area contributed by atoms with Crippen LogP contribution in [0.3, 0.4) is 0 Å². The minimum Gasteiger partial charge on any atom is -0.394 e. The van der Waals surface area contributed by atoms with Crippen molar-refractivity contribution in [3.05, 3.63) is 33.4 Å². The maximum atomic E-state index is 16.6. The minimum atomic E-state index is -5.48. The van der Waals surface area contributed by atoms with Gasteiger partial charge in [0.25, 0.3) is 11.1 Å². The van der Waals surface area contributed by atoms with E-state index in [9.17, 15) is 39.3 Å². The first-order valence-electron chi connectivity index (χ1n) is 16.4. The van der Waals surface area contributed by atoms with Crippen molar-refractivity contribution in [1.82, 2.24) is 39.0 Å². The molecular formula is C28H40FN10O11P. The van der Waals surface area contributed by atoms with Crippen LogP contribution < -0.4 is 21.8 Å². The number of nitrogens with two attached hydrogens (primary N) is 1. The van der Waals surface area contributed by atoms with Gasteiger partial charge in [0.1, 0.15) is 24.4 Å². The first-order chi connectivity index (χ1) is 24.3. The number of alkyl halides is 1. The molecule has 0 aromatic carbocycles. The van der Waals surface area contributed by atoms with Gasteiger partial charge < -0.3 is 45.2 Å². The van der Waals surface area contributed by atoms with Gasteiger partial charge in [-0.1, -0.05) is 26.7 Å². The topological polar surface area (TPSA) is 302 Å². The van der Waals surface area contributed by atoms with Crippen LogP contribution in [-0.4, -0.2) is 121 Å². The lowest BCUT2D eigenvalue weighted by Crippen LogP contribution is -2.49. The monoisotopic (exact) mass is 742 g/mol. The molecule has 1 unspecified atom stereocenters. The number of aliphatic hydroxyl groups excluding tert-OH is 3. The molecule has 4 aromatic heterocycles. The van der Waals surface area contributed by atoms with Gasteiger partial charge in [0.05, 0.1) is 31.3 Å². The number of halogens is 1.